The fourth-order valence-corrected chi connectivity index (χ4v) is 4.71. The van der Waals surface area contributed by atoms with Gasteiger partial charge in [-0.2, -0.15) is 4.39 Å². The van der Waals surface area contributed by atoms with E-state index in [2.05, 4.69) is 43.0 Å². The van der Waals surface area contributed by atoms with Gasteiger partial charge in [0.1, 0.15) is 0 Å². The lowest BCUT2D eigenvalue weighted by Gasteiger charge is -2.26. The van der Waals surface area contributed by atoms with E-state index >= 15 is 0 Å². The molecule has 0 aliphatic heterocycles. The van der Waals surface area contributed by atoms with Crippen molar-refractivity contribution in [3.05, 3.63) is 64.7 Å². The summed E-state index contributed by atoms with van der Waals surface area (Å²) >= 11 is 0. The molecule has 0 spiro atoms. The van der Waals surface area contributed by atoms with Gasteiger partial charge in [-0.15, -0.1) is 0 Å². The Morgan fingerprint density at radius 2 is 1.50 bits per heavy atom. The van der Waals surface area contributed by atoms with Gasteiger partial charge < -0.3 is 4.74 Å². The van der Waals surface area contributed by atoms with Crippen molar-refractivity contribution >= 4 is 0 Å². The van der Waals surface area contributed by atoms with E-state index in [1.165, 1.54) is 61.8 Å². The van der Waals surface area contributed by atoms with E-state index < -0.39 is 11.6 Å². The summed E-state index contributed by atoms with van der Waals surface area (Å²) in [5.41, 5.74) is 2.98. The van der Waals surface area contributed by atoms with Crippen LogP contribution in [-0.4, -0.2) is 6.61 Å². The van der Waals surface area contributed by atoms with Gasteiger partial charge in [0.05, 0.1) is 12.2 Å². The van der Waals surface area contributed by atoms with Crippen LogP contribution < -0.4 is 4.74 Å². The molecule has 3 rings (SSSR count). The van der Waals surface area contributed by atoms with E-state index in [1.54, 1.807) is 0 Å². The van der Waals surface area contributed by atoms with E-state index in [0.717, 1.165) is 38.5 Å². The zero-order valence-electron chi connectivity index (χ0n) is 21.0. The van der Waals surface area contributed by atoms with Crippen molar-refractivity contribution in [2.75, 3.05) is 6.61 Å². The smallest absolute Gasteiger partial charge is 0.201 e. The molecule has 34 heavy (non-hydrogen) atoms. The highest BCUT2D eigenvalue weighted by molar-refractivity contribution is 5.41. The lowest BCUT2D eigenvalue weighted by Crippen LogP contribution is -2.12. The average molecular weight is 467 g/mol. The highest BCUT2D eigenvalue weighted by Crippen LogP contribution is 2.35. The maximum absolute atomic E-state index is 14.4. The fourth-order valence-electron chi connectivity index (χ4n) is 4.71. The van der Waals surface area contributed by atoms with Crippen LogP contribution in [0.1, 0.15) is 107 Å². The first-order valence-corrected chi connectivity index (χ1v) is 13.3. The number of hydrogen-bond donors (Lipinski definition) is 0. The predicted octanol–water partition coefficient (Wildman–Crippen LogP) is 8.98. The van der Waals surface area contributed by atoms with Crippen molar-refractivity contribution in [1.82, 2.24) is 0 Å². The predicted molar refractivity (Wildman–Crippen MR) is 137 cm³/mol. The van der Waals surface area contributed by atoms with E-state index in [-0.39, 0.29) is 17.2 Å². The molecule has 184 valence electrons. The second kappa shape index (κ2) is 14.1. The molecule has 1 aliphatic carbocycles. The Morgan fingerprint density at radius 3 is 2.21 bits per heavy atom. The van der Waals surface area contributed by atoms with E-state index in [4.69, 9.17) is 4.74 Å². The van der Waals surface area contributed by atoms with Gasteiger partial charge in [0.25, 0.3) is 0 Å². The average Bonchev–Trinajstić information content (AvgIpc) is 2.87. The Balaban J connectivity index is 1.48. The van der Waals surface area contributed by atoms with Crippen LogP contribution in [-0.2, 0) is 6.42 Å². The van der Waals surface area contributed by atoms with Crippen LogP contribution in [0.3, 0.4) is 0 Å². The van der Waals surface area contributed by atoms with Crippen LogP contribution >= 0.6 is 0 Å². The van der Waals surface area contributed by atoms with Gasteiger partial charge in [-0.1, -0.05) is 82.1 Å². The molecule has 0 aromatic heterocycles. The fraction of sp³-hybridized carbons (Fsp3) is 0.548. The molecule has 0 heterocycles. The SMILES string of the molecule is CCCCCCCc1ccc([C@H]2CC[C@H](C#Cc3ccc(OCCCC)c(F)c3F)CC2)cc1. The summed E-state index contributed by atoms with van der Waals surface area (Å²) in [7, 11) is 0. The van der Waals surface area contributed by atoms with Gasteiger partial charge in [-0.3, -0.25) is 0 Å². The van der Waals surface area contributed by atoms with Crippen molar-refractivity contribution in [3.8, 4) is 17.6 Å². The number of ether oxygens (including phenoxy) is 1. The third-order valence-electron chi connectivity index (χ3n) is 6.96. The van der Waals surface area contributed by atoms with Crippen LogP contribution in [0.2, 0.25) is 0 Å². The molecule has 1 fully saturated rings. The number of rotatable bonds is 11. The largest absolute Gasteiger partial charge is 0.490 e. The van der Waals surface area contributed by atoms with Gasteiger partial charge in [-0.25, -0.2) is 4.39 Å². The van der Waals surface area contributed by atoms with E-state index in [9.17, 15) is 8.78 Å². The lowest BCUT2D eigenvalue weighted by molar-refractivity contribution is 0.288. The first kappa shape index (κ1) is 26.3. The van der Waals surface area contributed by atoms with Gasteiger partial charge in [-0.05, 0) is 74.1 Å². The number of benzene rings is 2. The van der Waals surface area contributed by atoms with Crippen molar-refractivity contribution in [3.63, 3.8) is 0 Å². The zero-order chi connectivity index (χ0) is 24.2. The minimum absolute atomic E-state index is 0.0282. The lowest BCUT2D eigenvalue weighted by atomic mass is 9.78. The summed E-state index contributed by atoms with van der Waals surface area (Å²) < 4.78 is 34.0. The molecular weight excluding hydrogens is 426 g/mol. The zero-order valence-corrected chi connectivity index (χ0v) is 21.0. The van der Waals surface area contributed by atoms with Crippen molar-refractivity contribution < 1.29 is 13.5 Å². The molecule has 1 nitrogen and oxygen atoms in total. The third-order valence-corrected chi connectivity index (χ3v) is 6.96. The number of hydrogen-bond acceptors (Lipinski definition) is 1. The Labute approximate surface area is 205 Å². The Bertz CT molecular complexity index is 930. The van der Waals surface area contributed by atoms with Gasteiger partial charge in [0.2, 0.25) is 5.82 Å². The van der Waals surface area contributed by atoms with Gasteiger partial charge >= 0.3 is 0 Å². The summed E-state index contributed by atoms with van der Waals surface area (Å²) in [6.45, 7) is 4.67. The molecule has 1 aliphatic rings. The first-order valence-electron chi connectivity index (χ1n) is 13.3. The van der Waals surface area contributed by atoms with Crippen LogP contribution in [0, 0.1) is 29.4 Å². The topological polar surface area (TPSA) is 9.23 Å². The summed E-state index contributed by atoms with van der Waals surface area (Å²) in [4.78, 5) is 0. The maximum atomic E-state index is 14.4. The molecule has 0 amide bonds. The molecule has 0 bridgehead atoms. The van der Waals surface area contributed by atoms with Gasteiger partial charge in [0, 0.05) is 5.92 Å². The highest BCUT2D eigenvalue weighted by Gasteiger charge is 2.21. The van der Waals surface area contributed by atoms with E-state index in [0.29, 0.717) is 12.5 Å². The molecule has 1 saturated carbocycles. The molecule has 3 heteroatoms. The number of aryl methyl sites for hydroxylation is 1. The molecule has 0 unspecified atom stereocenters. The molecule has 0 saturated heterocycles. The minimum Gasteiger partial charge on any atom is -0.490 e. The van der Waals surface area contributed by atoms with Crippen LogP contribution in [0.4, 0.5) is 8.78 Å². The van der Waals surface area contributed by atoms with Crippen LogP contribution in [0.15, 0.2) is 36.4 Å². The maximum Gasteiger partial charge on any atom is 0.201 e. The van der Waals surface area contributed by atoms with Gasteiger partial charge in [0.15, 0.2) is 11.6 Å². The Morgan fingerprint density at radius 1 is 0.794 bits per heavy atom. The van der Waals surface area contributed by atoms with Crippen LogP contribution in [0.5, 0.6) is 5.75 Å². The van der Waals surface area contributed by atoms with E-state index in [1.807, 2.05) is 6.92 Å². The Hall–Kier alpha value is -2.34. The van der Waals surface area contributed by atoms with Crippen molar-refractivity contribution in [2.24, 2.45) is 5.92 Å². The molecule has 0 radical (unpaired) electrons. The molecule has 2 aromatic carbocycles. The molecule has 2 aromatic rings. The molecule has 0 N–H and O–H groups in total. The third kappa shape index (κ3) is 7.86. The first-order chi connectivity index (χ1) is 16.6. The Kier molecular flexibility index (Phi) is 10.9. The van der Waals surface area contributed by atoms with Crippen molar-refractivity contribution in [1.29, 1.82) is 0 Å². The normalized spacial score (nSPS) is 17.8. The monoisotopic (exact) mass is 466 g/mol. The summed E-state index contributed by atoms with van der Waals surface area (Å²) in [5, 5.41) is 0. The second-order valence-electron chi connectivity index (χ2n) is 9.66. The molecule has 0 atom stereocenters. The summed E-state index contributed by atoms with van der Waals surface area (Å²) in [6, 6.07) is 12.2. The second-order valence-corrected chi connectivity index (χ2v) is 9.66. The van der Waals surface area contributed by atoms with Crippen molar-refractivity contribution in [2.45, 2.75) is 96.8 Å². The molecular formula is C31H40F2O. The summed E-state index contributed by atoms with van der Waals surface area (Å²) in [6.07, 6.45) is 13.7. The van der Waals surface area contributed by atoms with Crippen LogP contribution in [0.25, 0.3) is 0 Å². The highest BCUT2D eigenvalue weighted by atomic mass is 19.2. The minimum atomic E-state index is -0.934. The summed E-state index contributed by atoms with van der Waals surface area (Å²) in [5.74, 6) is 5.04. The number of halogens is 2. The quantitative estimate of drug-likeness (QED) is 0.237. The standard InChI is InChI=1S/C31H40F2O/c1-3-5-7-8-9-10-24-11-16-26(17-12-24)27-18-13-25(14-19-27)15-20-28-21-22-29(31(33)30(28)32)34-23-6-4-2/h11-12,16-17,21-22,25,27H,3-10,13-14,18-19,23H2,1-2H3/t25-,27-. The number of unbranched alkanes of at least 4 members (excludes halogenated alkanes) is 5.